The summed E-state index contributed by atoms with van der Waals surface area (Å²) in [6, 6.07) is 14.6. The standard InChI is InChI=1S/C26H33N6O5P/c1-20-26(21(2)31(27-20)22-7-5-4-6-8-22)38(29-11-15-36-16-12-29,30-13-17-37-18-14-30)28-24-19-23(32(33)34)9-10-25(24)35-3/h4-10,19H,11-18H2,1-3H3. The Bertz CT molecular complexity index is 1330. The number of nitro benzene ring substituents is 1. The highest BCUT2D eigenvalue weighted by atomic mass is 31.2. The molecule has 0 radical (unpaired) electrons. The number of ether oxygens (including phenoxy) is 3. The van der Waals surface area contributed by atoms with E-state index in [2.05, 4.69) is 16.3 Å². The Kier molecular flexibility index (Phi) is 7.92. The zero-order chi connectivity index (χ0) is 26.7. The number of aromatic nitrogens is 2. The number of para-hydroxylation sites is 1. The molecule has 2 aromatic carbocycles. The first kappa shape index (κ1) is 26.5. The summed E-state index contributed by atoms with van der Waals surface area (Å²) in [5.74, 6) is 0.493. The molecule has 0 N–H and O–H groups in total. The zero-order valence-corrected chi connectivity index (χ0v) is 22.8. The van der Waals surface area contributed by atoms with Gasteiger partial charge in [-0.3, -0.25) is 10.1 Å². The lowest BCUT2D eigenvalue weighted by Gasteiger charge is -2.46. The molecule has 12 heteroatoms. The van der Waals surface area contributed by atoms with E-state index in [0.717, 1.165) is 22.4 Å². The average Bonchev–Trinajstić information content (AvgIpc) is 3.26. The van der Waals surface area contributed by atoms with Gasteiger partial charge in [0.05, 0.1) is 60.8 Å². The van der Waals surface area contributed by atoms with Crippen LogP contribution in [0.1, 0.15) is 11.4 Å². The molecular formula is C26H33N6O5P. The van der Waals surface area contributed by atoms with E-state index in [1.807, 2.05) is 41.9 Å². The molecule has 0 unspecified atom stereocenters. The van der Waals surface area contributed by atoms with Crippen molar-refractivity contribution < 1.29 is 19.1 Å². The monoisotopic (exact) mass is 540 g/mol. The maximum Gasteiger partial charge on any atom is 0.271 e. The third kappa shape index (κ3) is 4.88. The number of methoxy groups -OCH3 is 1. The van der Waals surface area contributed by atoms with Crippen LogP contribution < -0.4 is 10.0 Å². The Labute approximate surface area is 222 Å². The number of morpholine rings is 2. The van der Waals surface area contributed by atoms with Gasteiger partial charge in [-0.15, -0.1) is 0 Å². The molecule has 38 heavy (non-hydrogen) atoms. The van der Waals surface area contributed by atoms with Gasteiger partial charge in [0.15, 0.2) is 0 Å². The summed E-state index contributed by atoms with van der Waals surface area (Å²) >= 11 is 0. The van der Waals surface area contributed by atoms with E-state index >= 15 is 0 Å². The lowest BCUT2D eigenvalue weighted by molar-refractivity contribution is -0.384. The molecule has 202 valence electrons. The van der Waals surface area contributed by atoms with Crippen molar-refractivity contribution in [3.63, 3.8) is 0 Å². The van der Waals surface area contributed by atoms with E-state index < -0.39 is 12.3 Å². The van der Waals surface area contributed by atoms with E-state index in [1.165, 1.54) is 12.1 Å². The minimum atomic E-state index is -2.74. The van der Waals surface area contributed by atoms with Crippen LogP contribution in [-0.2, 0) is 9.47 Å². The Hall–Kier alpha value is -3.08. The summed E-state index contributed by atoms with van der Waals surface area (Å²) in [5, 5.41) is 17.8. The molecule has 0 aliphatic carbocycles. The first-order chi connectivity index (χ1) is 18.5. The maximum absolute atomic E-state index is 11.7. The molecule has 0 amide bonds. The topological polar surface area (TPSA) is 107 Å². The van der Waals surface area contributed by atoms with Crippen molar-refractivity contribution in [2.45, 2.75) is 13.8 Å². The van der Waals surface area contributed by atoms with E-state index in [9.17, 15) is 10.1 Å². The van der Waals surface area contributed by atoms with Crippen molar-refractivity contribution in [3.05, 3.63) is 70.0 Å². The van der Waals surface area contributed by atoms with Crippen molar-refractivity contribution in [1.29, 1.82) is 0 Å². The number of nitrogens with zero attached hydrogens (tertiary/aromatic N) is 6. The molecule has 3 heterocycles. The summed E-state index contributed by atoms with van der Waals surface area (Å²) in [6.45, 7) is 9.16. The first-order valence-electron chi connectivity index (χ1n) is 12.7. The second-order valence-corrected chi connectivity index (χ2v) is 12.1. The van der Waals surface area contributed by atoms with E-state index in [-0.39, 0.29) is 5.69 Å². The SMILES string of the molecule is COc1ccc([N+](=O)[O-])cc1N=P(c1c(C)nn(-c2ccccc2)c1C)(N1CCOCC1)N1CCOCC1. The fourth-order valence-corrected chi connectivity index (χ4v) is 9.40. The van der Waals surface area contributed by atoms with Crippen molar-refractivity contribution >= 4 is 24.0 Å². The van der Waals surface area contributed by atoms with Crippen molar-refractivity contribution in [3.8, 4) is 11.4 Å². The summed E-state index contributed by atoms with van der Waals surface area (Å²) in [6.07, 6.45) is 0. The molecule has 0 atom stereocenters. The van der Waals surface area contributed by atoms with Crippen LogP contribution in [0.15, 0.2) is 53.3 Å². The number of aryl methyl sites for hydroxylation is 1. The minimum absolute atomic E-state index is 0.0278. The highest BCUT2D eigenvalue weighted by molar-refractivity contribution is 7.69. The highest BCUT2D eigenvalue weighted by Gasteiger charge is 2.42. The molecule has 3 aromatic rings. The van der Waals surface area contributed by atoms with Gasteiger partial charge in [-0.05, 0) is 32.0 Å². The Balaban J connectivity index is 1.85. The number of hydrogen-bond donors (Lipinski definition) is 0. The first-order valence-corrected chi connectivity index (χ1v) is 14.3. The van der Waals surface area contributed by atoms with Crippen LogP contribution in [0.5, 0.6) is 5.75 Å². The molecule has 1 aromatic heterocycles. The van der Waals surface area contributed by atoms with Gasteiger partial charge in [-0.25, -0.2) is 18.8 Å². The molecule has 2 aliphatic heterocycles. The van der Waals surface area contributed by atoms with Crippen molar-refractivity contribution in [2.24, 2.45) is 4.74 Å². The van der Waals surface area contributed by atoms with Crippen LogP contribution in [0, 0.1) is 24.0 Å². The Morgan fingerprint density at radius 3 is 2.13 bits per heavy atom. The summed E-state index contributed by atoms with van der Waals surface area (Å²) < 4.78 is 29.5. The van der Waals surface area contributed by atoms with Crippen LogP contribution in [0.3, 0.4) is 0 Å². The molecule has 2 aliphatic rings. The summed E-state index contributed by atoms with van der Waals surface area (Å²) in [4.78, 5) is 11.3. The van der Waals surface area contributed by atoms with Gasteiger partial charge in [0.2, 0.25) is 0 Å². The average molecular weight is 541 g/mol. The van der Waals surface area contributed by atoms with Gasteiger partial charge in [0, 0.05) is 38.3 Å². The molecule has 0 bridgehead atoms. The summed E-state index contributed by atoms with van der Waals surface area (Å²) in [5.41, 5.74) is 3.27. The normalized spacial score (nSPS) is 17.3. The van der Waals surface area contributed by atoms with Crippen LogP contribution in [-0.4, -0.2) is 83.8 Å². The van der Waals surface area contributed by atoms with Gasteiger partial charge in [-0.1, -0.05) is 18.2 Å². The minimum Gasteiger partial charge on any atom is -0.494 e. The number of non-ortho nitro benzene ring substituents is 1. The second kappa shape index (κ2) is 11.3. The Morgan fingerprint density at radius 1 is 0.974 bits per heavy atom. The largest absolute Gasteiger partial charge is 0.494 e. The van der Waals surface area contributed by atoms with Gasteiger partial charge in [-0.2, -0.15) is 5.10 Å². The molecule has 5 rings (SSSR count). The van der Waals surface area contributed by atoms with Gasteiger partial charge >= 0.3 is 0 Å². The van der Waals surface area contributed by atoms with Crippen LogP contribution in [0.4, 0.5) is 11.4 Å². The number of hydrogen-bond acceptors (Lipinski definition) is 7. The van der Waals surface area contributed by atoms with Crippen LogP contribution >= 0.6 is 7.36 Å². The zero-order valence-electron chi connectivity index (χ0n) is 21.9. The maximum atomic E-state index is 11.7. The lowest BCUT2D eigenvalue weighted by Crippen LogP contribution is -2.47. The van der Waals surface area contributed by atoms with E-state index in [0.29, 0.717) is 64.0 Å². The Morgan fingerprint density at radius 2 is 1.58 bits per heavy atom. The molecule has 2 saturated heterocycles. The van der Waals surface area contributed by atoms with E-state index in [1.54, 1.807) is 13.2 Å². The molecule has 11 nitrogen and oxygen atoms in total. The molecular weight excluding hydrogens is 507 g/mol. The molecule has 0 saturated carbocycles. The predicted octanol–water partition coefficient (Wildman–Crippen LogP) is 4.06. The number of benzene rings is 2. The van der Waals surface area contributed by atoms with Crippen LogP contribution in [0.25, 0.3) is 5.69 Å². The predicted molar refractivity (Wildman–Crippen MR) is 146 cm³/mol. The molecule has 2 fully saturated rings. The van der Waals surface area contributed by atoms with Gasteiger partial charge < -0.3 is 14.2 Å². The van der Waals surface area contributed by atoms with Crippen LogP contribution in [0.2, 0.25) is 0 Å². The fourth-order valence-electron chi connectivity index (χ4n) is 5.21. The third-order valence-electron chi connectivity index (χ3n) is 6.94. The van der Waals surface area contributed by atoms with Gasteiger partial charge in [0.1, 0.15) is 18.8 Å². The quantitative estimate of drug-likeness (QED) is 0.251. The van der Waals surface area contributed by atoms with Crippen molar-refractivity contribution in [2.75, 3.05) is 59.7 Å². The smallest absolute Gasteiger partial charge is 0.271 e. The fraction of sp³-hybridized carbons (Fsp3) is 0.423. The van der Waals surface area contributed by atoms with Gasteiger partial charge in [0.25, 0.3) is 5.69 Å². The number of rotatable bonds is 7. The lowest BCUT2D eigenvalue weighted by atomic mass is 10.2. The second-order valence-electron chi connectivity index (χ2n) is 9.18. The molecule has 0 spiro atoms. The van der Waals surface area contributed by atoms with E-state index in [4.69, 9.17) is 24.1 Å². The number of nitro groups is 1. The summed E-state index contributed by atoms with van der Waals surface area (Å²) in [7, 11) is -1.18. The third-order valence-corrected chi connectivity index (χ3v) is 11.1. The highest BCUT2D eigenvalue weighted by Crippen LogP contribution is 2.60. The van der Waals surface area contributed by atoms with Crippen molar-refractivity contribution in [1.82, 2.24) is 19.1 Å².